The van der Waals surface area contributed by atoms with Crippen LogP contribution in [-0.2, 0) is 22.7 Å². The molecule has 9 heteroatoms. The number of ether oxygens (including phenoxy) is 1. The standard InChI is InChI=1S/C26H26F2N4O3/c1-16-20(28)3-2-4-21(16)30-25(33)18-9-11-31(12-10-18)26(34)24-22-14-35-23(13-32(22)15-29-24)17-5-7-19(27)8-6-17/h2-8,15,18,23H,9-14H2,1H3,(H,30,33)/t23-/m0/s1. The van der Waals surface area contributed by atoms with Crippen molar-refractivity contribution in [3.8, 4) is 0 Å². The lowest BCUT2D eigenvalue weighted by atomic mass is 9.95. The van der Waals surface area contributed by atoms with Crippen molar-refractivity contribution in [3.05, 3.63) is 82.9 Å². The van der Waals surface area contributed by atoms with Crippen LogP contribution in [0.4, 0.5) is 14.5 Å². The molecule has 5 rings (SSSR count). The van der Waals surface area contributed by atoms with E-state index in [9.17, 15) is 18.4 Å². The molecule has 0 bridgehead atoms. The van der Waals surface area contributed by atoms with Crippen molar-refractivity contribution >= 4 is 17.5 Å². The van der Waals surface area contributed by atoms with Crippen molar-refractivity contribution in [2.45, 2.75) is 39.0 Å². The van der Waals surface area contributed by atoms with Gasteiger partial charge in [0.05, 0.1) is 25.2 Å². The number of rotatable bonds is 4. The van der Waals surface area contributed by atoms with Crippen LogP contribution in [0.5, 0.6) is 0 Å². The fourth-order valence-corrected chi connectivity index (χ4v) is 4.66. The maximum Gasteiger partial charge on any atom is 0.274 e. The second kappa shape index (κ2) is 9.58. The number of carbonyl (C=O) groups is 2. The SMILES string of the molecule is Cc1c(F)cccc1NC(=O)C1CCN(C(=O)c2ncn3c2CO[C@H](c2ccc(F)cc2)C3)CC1. The third-order valence-corrected chi connectivity index (χ3v) is 6.85. The van der Waals surface area contributed by atoms with Crippen molar-refractivity contribution in [2.75, 3.05) is 18.4 Å². The van der Waals surface area contributed by atoms with Gasteiger partial charge in [0.1, 0.15) is 17.7 Å². The molecule has 7 nitrogen and oxygen atoms in total. The highest BCUT2D eigenvalue weighted by Gasteiger charge is 2.32. The Morgan fingerprint density at radius 1 is 1.09 bits per heavy atom. The molecule has 182 valence electrons. The van der Waals surface area contributed by atoms with E-state index in [-0.39, 0.29) is 42.1 Å². The summed E-state index contributed by atoms with van der Waals surface area (Å²) >= 11 is 0. The lowest BCUT2D eigenvalue weighted by Gasteiger charge is -2.31. The Bertz CT molecular complexity index is 1250. The number of hydrogen-bond donors (Lipinski definition) is 1. The normalized spacial score (nSPS) is 18.3. The van der Waals surface area contributed by atoms with E-state index in [1.807, 2.05) is 4.57 Å². The summed E-state index contributed by atoms with van der Waals surface area (Å²) in [7, 11) is 0. The summed E-state index contributed by atoms with van der Waals surface area (Å²) < 4.78 is 34.9. The maximum atomic E-state index is 13.8. The molecule has 1 N–H and O–H groups in total. The smallest absolute Gasteiger partial charge is 0.274 e. The van der Waals surface area contributed by atoms with Crippen LogP contribution >= 0.6 is 0 Å². The zero-order valence-electron chi connectivity index (χ0n) is 19.3. The number of likely N-dealkylation sites (tertiary alicyclic amines) is 1. The molecule has 2 amide bonds. The molecule has 1 saturated heterocycles. The number of benzene rings is 2. The predicted molar refractivity (Wildman–Crippen MR) is 125 cm³/mol. The van der Waals surface area contributed by atoms with Crippen LogP contribution < -0.4 is 5.32 Å². The Balaban J connectivity index is 1.19. The highest BCUT2D eigenvalue weighted by atomic mass is 19.1. The lowest BCUT2D eigenvalue weighted by Crippen LogP contribution is -2.42. The van der Waals surface area contributed by atoms with Crippen LogP contribution in [0.3, 0.4) is 0 Å². The number of fused-ring (bicyclic) bond motifs is 1. The Labute approximate surface area is 201 Å². The minimum atomic E-state index is -0.361. The van der Waals surface area contributed by atoms with Gasteiger partial charge in [-0.2, -0.15) is 0 Å². The summed E-state index contributed by atoms with van der Waals surface area (Å²) in [5, 5.41) is 2.82. The molecule has 0 unspecified atom stereocenters. The van der Waals surface area contributed by atoms with Crippen LogP contribution in [0.1, 0.15) is 46.3 Å². The van der Waals surface area contributed by atoms with Crippen molar-refractivity contribution in [3.63, 3.8) is 0 Å². The second-order valence-corrected chi connectivity index (χ2v) is 9.01. The Morgan fingerprint density at radius 3 is 2.57 bits per heavy atom. The Kier molecular flexibility index (Phi) is 6.34. The number of amides is 2. The lowest BCUT2D eigenvalue weighted by molar-refractivity contribution is -0.121. The molecule has 2 aromatic carbocycles. The molecule has 35 heavy (non-hydrogen) atoms. The molecule has 3 aromatic rings. The van der Waals surface area contributed by atoms with E-state index in [0.29, 0.717) is 49.4 Å². The van der Waals surface area contributed by atoms with Gasteiger partial charge >= 0.3 is 0 Å². The molecule has 0 spiro atoms. The van der Waals surface area contributed by atoms with Gasteiger partial charge in [0.15, 0.2) is 5.69 Å². The molecule has 3 heterocycles. The summed E-state index contributed by atoms with van der Waals surface area (Å²) in [5.41, 5.74) is 2.82. The maximum absolute atomic E-state index is 13.8. The molecular weight excluding hydrogens is 454 g/mol. The molecule has 1 atom stereocenters. The largest absolute Gasteiger partial charge is 0.365 e. The van der Waals surface area contributed by atoms with E-state index < -0.39 is 0 Å². The predicted octanol–water partition coefficient (Wildman–Crippen LogP) is 4.23. The van der Waals surface area contributed by atoms with Crippen molar-refractivity contribution in [2.24, 2.45) is 5.92 Å². The zero-order valence-corrected chi connectivity index (χ0v) is 19.3. The van der Waals surface area contributed by atoms with Crippen molar-refractivity contribution in [1.29, 1.82) is 0 Å². The minimum Gasteiger partial charge on any atom is -0.365 e. The van der Waals surface area contributed by atoms with Gasteiger partial charge in [-0.3, -0.25) is 9.59 Å². The topological polar surface area (TPSA) is 76.5 Å². The molecule has 2 aliphatic rings. The first-order chi connectivity index (χ1) is 16.9. The molecule has 0 saturated carbocycles. The van der Waals surface area contributed by atoms with Crippen LogP contribution in [0.25, 0.3) is 0 Å². The van der Waals surface area contributed by atoms with Gasteiger partial charge < -0.3 is 19.5 Å². The first kappa shape index (κ1) is 23.2. The monoisotopic (exact) mass is 480 g/mol. The average Bonchev–Trinajstić information content (AvgIpc) is 3.30. The van der Waals surface area contributed by atoms with Crippen LogP contribution in [0.2, 0.25) is 0 Å². The number of anilines is 1. The van der Waals surface area contributed by atoms with Gasteiger partial charge in [0.2, 0.25) is 5.91 Å². The summed E-state index contributed by atoms with van der Waals surface area (Å²) in [6.45, 7) is 3.22. The minimum absolute atomic E-state index is 0.162. The highest BCUT2D eigenvalue weighted by molar-refractivity contribution is 5.95. The summed E-state index contributed by atoms with van der Waals surface area (Å²) in [5.74, 6) is -1.25. The van der Waals surface area contributed by atoms with Crippen LogP contribution in [0.15, 0.2) is 48.8 Å². The quantitative estimate of drug-likeness (QED) is 0.606. The van der Waals surface area contributed by atoms with Gasteiger partial charge in [-0.15, -0.1) is 0 Å². The highest BCUT2D eigenvalue weighted by Crippen LogP contribution is 2.29. The van der Waals surface area contributed by atoms with Gasteiger partial charge in [-0.05, 0) is 49.6 Å². The molecular formula is C26H26F2N4O3. The van der Waals surface area contributed by atoms with Gasteiger partial charge in [0.25, 0.3) is 5.91 Å². The van der Waals surface area contributed by atoms with E-state index in [1.165, 1.54) is 18.2 Å². The summed E-state index contributed by atoms with van der Waals surface area (Å²) in [4.78, 5) is 32.0. The number of piperidine rings is 1. The number of carbonyl (C=O) groups excluding carboxylic acids is 2. The third kappa shape index (κ3) is 4.68. The molecule has 0 radical (unpaired) electrons. The average molecular weight is 481 g/mol. The number of aromatic nitrogens is 2. The third-order valence-electron chi connectivity index (χ3n) is 6.85. The summed E-state index contributed by atoms with van der Waals surface area (Å²) in [6, 6.07) is 10.8. The summed E-state index contributed by atoms with van der Waals surface area (Å²) in [6.07, 6.45) is 2.44. The first-order valence-electron chi connectivity index (χ1n) is 11.7. The molecule has 1 aromatic heterocycles. The van der Waals surface area contributed by atoms with Gasteiger partial charge in [0, 0.05) is 30.3 Å². The number of nitrogens with one attached hydrogen (secondary N) is 1. The Morgan fingerprint density at radius 2 is 1.83 bits per heavy atom. The zero-order chi connectivity index (χ0) is 24.5. The first-order valence-corrected chi connectivity index (χ1v) is 11.7. The molecule has 0 aliphatic carbocycles. The second-order valence-electron chi connectivity index (χ2n) is 9.01. The number of nitrogens with zero attached hydrogens (tertiary/aromatic N) is 3. The van der Waals surface area contributed by atoms with E-state index in [2.05, 4.69) is 10.3 Å². The van der Waals surface area contributed by atoms with Gasteiger partial charge in [-0.25, -0.2) is 13.8 Å². The fourth-order valence-electron chi connectivity index (χ4n) is 4.66. The van der Waals surface area contributed by atoms with Crippen molar-refractivity contribution < 1.29 is 23.1 Å². The van der Waals surface area contributed by atoms with E-state index in [1.54, 1.807) is 42.4 Å². The Hall–Kier alpha value is -3.59. The van der Waals surface area contributed by atoms with Crippen molar-refractivity contribution in [1.82, 2.24) is 14.5 Å². The van der Waals surface area contributed by atoms with E-state index in [0.717, 1.165) is 11.3 Å². The van der Waals surface area contributed by atoms with Gasteiger partial charge in [-0.1, -0.05) is 18.2 Å². The molecule has 1 fully saturated rings. The van der Waals surface area contributed by atoms with Crippen LogP contribution in [0, 0.1) is 24.5 Å². The van der Waals surface area contributed by atoms with Crippen LogP contribution in [-0.4, -0.2) is 39.4 Å². The van der Waals surface area contributed by atoms with E-state index in [4.69, 9.17) is 4.74 Å². The number of hydrogen-bond acceptors (Lipinski definition) is 4. The van der Waals surface area contributed by atoms with E-state index >= 15 is 0 Å². The number of halogens is 2. The fraction of sp³-hybridized carbons (Fsp3) is 0.346. The molecule has 2 aliphatic heterocycles. The number of imidazole rings is 1.